The zero-order valence-corrected chi connectivity index (χ0v) is 7.52. The van der Waals surface area contributed by atoms with Crippen LogP contribution in [0.1, 0.15) is 34.1 Å². The Hall–Kier alpha value is -0.520. The summed E-state index contributed by atoms with van der Waals surface area (Å²) in [5, 5.41) is 0. The highest BCUT2D eigenvalue weighted by molar-refractivity contribution is 5.15. The third-order valence-electron chi connectivity index (χ3n) is 1.27. The summed E-state index contributed by atoms with van der Waals surface area (Å²) < 4.78 is 0. The average Bonchev–Trinajstić information content (AvgIpc) is 1.85. The Balaban J connectivity index is 3.77. The highest BCUT2D eigenvalue weighted by atomic mass is 13.9. The normalized spacial score (nSPS) is 13.5. The van der Waals surface area contributed by atoms with Gasteiger partial charge < -0.3 is 0 Å². The molecular formula is C10H18. The summed E-state index contributed by atoms with van der Waals surface area (Å²) in [6.07, 6.45) is 7.78. The monoisotopic (exact) mass is 138 g/mol. The molecule has 0 radical (unpaired) electrons. The van der Waals surface area contributed by atoms with Gasteiger partial charge in [0.15, 0.2) is 0 Å². The van der Waals surface area contributed by atoms with Gasteiger partial charge in [0.25, 0.3) is 0 Å². The predicted octanol–water partition coefficient (Wildman–Crippen LogP) is 3.55. The van der Waals surface area contributed by atoms with Crippen LogP contribution in [0.4, 0.5) is 0 Å². The van der Waals surface area contributed by atoms with Gasteiger partial charge in [-0.05, 0) is 19.3 Å². The van der Waals surface area contributed by atoms with E-state index in [0.29, 0.717) is 5.92 Å². The summed E-state index contributed by atoms with van der Waals surface area (Å²) in [5.41, 5.74) is 1.37. The first-order valence-corrected chi connectivity index (χ1v) is 4.01. The molecule has 0 fully saturated rings. The van der Waals surface area contributed by atoms with Crippen molar-refractivity contribution >= 4 is 0 Å². The molecule has 0 aromatic heterocycles. The molecule has 0 saturated carbocycles. The molecule has 0 bridgehead atoms. The van der Waals surface area contributed by atoms with Gasteiger partial charge in [-0.1, -0.05) is 44.6 Å². The van der Waals surface area contributed by atoms with Crippen LogP contribution in [0.15, 0.2) is 23.8 Å². The molecule has 0 rings (SSSR count). The number of hydrogen-bond acceptors (Lipinski definition) is 0. The number of hydrogen-bond donors (Lipinski definition) is 0. The SMILES string of the molecule is CCC=C(C)C=CC(C)C. The Morgan fingerprint density at radius 2 is 2.00 bits per heavy atom. The fraction of sp³-hybridized carbons (Fsp3) is 0.600. The summed E-state index contributed by atoms with van der Waals surface area (Å²) >= 11 is 0. The van der Waals surface area contributed by atoms with E-state index in [-0.39, 0.29) is 0 Å². The van der Waals surface area contributed by atoms with E-state index in [2.05, 4.69) is 45.9 Å². The van der Waals surface area contributed by atoms with Crippen molar-refractivity contribution in [2.24, 2.45) is 5.92 Å². The Morgan fingerprint density at radius 3 is 2.40 bits per heavy atom. The van der Waals surface area contributed by atoms with Crippen molar-refractivity contribution in [3.63, 3.8) is 0 Å². The predicted molar refractivity (Wildman–Crippen MR) is 48.0 cm³/mol. The van der Waals surface area contributed by atoms with Crippen molar-refractivity contribution in [2.45, 2.75) is 34.1 Å². The first-order valence-electron chi connectivity index (χ1n) is 4.01. The minimum absolute atomic E-state index is 0.667. The van der Waals surface area contributed by atoms with Crippen LogP contribution in [0, 0.1) is 5.92 Å². The summed E-state index contributed by atoms with van der Waals surface area (Å²) in [4.78, 5) is 0. The van der Waals surface area contributed by atoms with E-state index in [4.69, 9.17) is 0 Å². The van der Waals surface area contributed by atoms with E-state index in [1.54, 1.807) is 0 Å². The van der Waals surface area contributed by atoms with Crippen LogP contribution in [0.3, 0.4) is 0 Å². The molecule has 58 valence electrons. The summed E-state index contributed by atoms with van der Waals surface area (Å²) in [6, 6.07) is 0. The second-order valence-electron chi connectivity index (χ2n) is 2.96. The lowest BCUT2D eigenvalue weighted by atomic mass is 10.1. The summed E-state index contributed by atoms with van der Waals surface area (Å²) in [6.45, 7) is 8.68. The van der Waals surface area contributed by atoms with Gasteiger partial charge in [0, 0.05) is 0 Å². The van der Waals surface area contributed by atoms with Gasteiger partial charge in [-0.2, -0.15) is 0 Å². The van der Waals surface area contributed by atoms with Crippen molar-refractivity contribution < 1.29 is 0 Å². The zero-order valence-electron chi connectivity index (χ0n) is 7.52. The largest absolute Gasteiger partial charge is 0.0819 e. The van der Waals surface area contributed by atoms with Crippen LogP contribution in [-0.4, -0.2) is 0 Å². The van der Waals surface area contributed by atoms with Gasteiger partial charge in [0.2, 0.25) is 0 Å². The second-order valence-corrected chi connectivity index (χ2v) is 2.96. The third kappa shape index (κ3) is 5.61. The molecule has 0 saturated heterocycles. The van der Waals surface area contributed by atoms with E-state index < -0.39 is 0 Å². The Labute approximate surface area is 64.6 Å². The first-order chi connectivity index (χ1) is 4.66. The summed E-state index contributed by atoms with van der Waals surface area (Å²) in [7, 11) is 0. The molecular weight excluding hydrogens is 120 g/mol. The minimum atomic E-state index is 0.667. The maximum atomic E-state index is 2.24. The lowest BCUT2D eigenvalue weighted by Crippen LogP contribution is -1.77. The van der Waals surface area contributed by atoms with Crippen LogP contribution < -0.4 is 0 Å². The quantitative estimate of drug-likeness (QED) is 0.523. The molecule has 0 aromatic carbocycles. The average molecular weight is 138 g/mol. The lowest BCUT2D eigenvalue weighted by molar-refractivity contribution is 0.830. The molecule has 0 atom stereocenters. The van der Waals surface area contributed by atoms with E-state index in [1.807, 2.05) is 0 Å². The molecule has 0 N–H and O–H groups in total. The Bertz CT molecular complexity index is 127. The molecule has 0 spiro atoms. The molecule has 0 aliphatic heterocycles. The molecule has 0 heterocycles. The fourth-order valence-corrected chi connectivity index (χ4v) is 0.734. The number of allylic oxidation sites excluding steroid dienone is 4. The maximum absolute atomic E-state index is 2.24. The van der Waals surface area contributed by atoms with Gasteiger partial charge >= 0.3 is 0 Å². The van der Waals surface area contributed by atoms with Gasteiger partial charge in [0.05, 0.1) is 0 Å². The summed E-state index contributed by atoms with van der Waals surface area (Å²) in [5.74, 6) is 0.667. The van der Waals surface area contributed by atoms with Crippen molar-refractivity contribution in [3.05, 3.63) is 23.8 Å². The molecule has 0 amide bonds. The lowest BCUT2D eigenvalue weighted by Gasteiger charge is -1.93. The van der Waals surface area contributed by atoms with Crippen molar-refractivity contribution in [1.82, 2.24) is 0 Å². The Kier molecular flexibility index (Phi) is 5.00. The van der Waals surface area contributed by atoms with E-state index in [9.17, 15) is 0 Å². The van der Waals surface area contributed by atoms with Crippen LogP contribution >= 0.6 is 0 Å². The number of rotatable bonds is 3. The van der Waals surface area contributed by atoms with Crippen molar-refractivity contribution in [1.29, 1.82) is 0 Å². The molecule has 10 heavy (non-hydrogen) atoms. The topological polar surface area (TPSA) is 0 Å². The van der Waals surface area contributed by atoms with Gasteiger partial charge in [-0.25, -0.2) is 0 Å². The molecule has 0 aliphatic rings. The van der Waals surface area contributed by atoms with Crippen LogP contribution in [0.25, 0.3) is 0 Å². The minimum Gasteiger partial charge on any atom is -0.0819 e. The highest BCUT2D eigenvalue weighted by Gasteiger charge is 1.83. The third-order valence-corrected chi connectivity index (χ3v) is 1.27. The van der Waals surface area contributed by atoms with E-state index >= 15 is 0 Å². The highest BCUT2D eigenvalue weighted by Crippen LogP contribution is 2.01. The van der Waals surface area contributed by atoms with Crippen molar-refractivity contribution in [3.8, 4) is 0 Å². The van der Waals surface area contributed by atoms with Gasteiger partial charge in [-0.3, -0.25) is 0 Å². The molecule has 0 nitrogen and oxygen atoms in total. The molecule has 0 aromatic rings. The second kappa shape index (κ2) is 5.28. The van der Waals surface area contributed by atoms with Crippen molar-refractivity contribution in [2.75, 3.05) is 0 Å². The molecule has 0 heteroatoms. The van der Waals surface area contributed by atoms with Crippen LogP contribution in [-0.2, 0) is 0 Å². The maximum Gasteiger partial charge on any atom is -0.0287 e. The zero-order chi connectivity index (χ0) is 7.98. The fourth-order valence-electron chi connectivity index (χ4n) is 0.734. The van der Waals surface area contributed by atoms with Crippen LogP contribution in [0.2, 0.25) is 0 Å². The molecule has 0 aliphatic carbocycles. The molecule has 0 unspecified atom stereocenters. The smallest absolute Gasteiger partial charge is 0.0287 e. The standard InChI is InChI=1S/C10H18/c1-5-6-10(4)8-7-9(2)3/h6-9H,5H2,1-4H3. The van der Waals surface area contributed by atoms with Gasteiger partial charge in [0.1, 0.15) is 0 Å². The Morgan fingerprint density at radius 1 is 1.40 bits per heavy atom. The first kappa shape index (κ1) is 9.48. The van der Waals surface area contributed by atoms with E-state index in [1.165, 1.54) is 5.57 Å². The van der Waals surface area contributed by atoms with E-state index in [0.717, 1.165) is 6.42 Å². The van der Waals surface area contributed by atoms with Gasteiger partial charge in [-0.15, -0.1) is 0 Å². The van der Waals surface area contributed by atoms with Crippen LogP contribution in [0.5, 0.6) is 0 Å².